The van der Waals surface area contributed by atoms with E-state index < -0.39 is 10.0 Å². The highest BCUT2D eigenvalue weighted by molar-refractivity contribution is 7.92. The first kappa shape index (κ1) is 21.1. The third-order valence-electron chi connectivity index (χ3n) is 5.59. The van der Waals surface area contributed by atoms with E-state index in [-0.39, 0.29) is 5.91 Å². The predicted octanol–water partition coefficient (Wildman–Crippen LogP) is 4.89. The first-order valence-corrected chi connectivity index (χ1v) is 11.8. The molecule has 31 heavy (non-hydrogen) atoms. The Morgan fingerprint density at radius 1 is 0.903 bits per heavy atom. The fourth-order valence-corrected chi connectivity index (χ4v) is 5.86. The fraction of sp³-hybridized carbons (Fsp3) is 0.240. The van der Waals surface area contributed by atoms with Crippen LogP contribution in [-0.4, -0.2) is 14.3 Å². The Labute approximate surface area is 183 Å². The minimum absolute atomic E-state index is 0.0792. The summed E-state index contributed by atoms with van der Waals surface area (Å²) in [5.74, 6) is 0.0792. The standard InChI is InChI=1S/C25H26N2O3S/c1-17-13-18(2)25(19(3)14-17)31(29,30)26-22-10-11-23-21(15-22)9-12-24(28)27(23)16-20-7-5-4-6-8-20/h4-8,10-11,13-15,26H,9,12,16H2,1-3H3. The molecule has 1 heterocycles. The Balaban J connectivity index is 1.63. The Morgan fingerprint density at radius 3 is 2.26 bits per heavy atom. The zero-order valence-electron chi connectivity index (χ0n) is 18.0. The molecule has 0 aliphatic carbocycles. The van der Waals surface area contributed by atoms with Gasteiger partial charge in [0.15, 0.2) is 0 Å². The lowest BCUT2D eigenvalue weighted by Gasteiger charge is -2.30. The molecular formula is C25H26N2O3S. The van der Waals surface area contributed by atoms with E-state index in [4.69, 9.17) is 0 Å². The molecule has 1 N–H and O–H groups in total. The van der Waals surface area contributed by atoms with Crippen LogP contribution in [0.2, 0.25) is 0 Å². The number of sulfonamides is 1. The highest BCUT2D eigenvalue weighted by Crippen LogP contribution is 2.33. The minimum Gasteiger partial charge on any atom is -0.308 e. The number of rotatable bonds is 5. The summed E-state index contributed by atoms with van der Waals surface area (Å²) in [5.41, 5.74) is 5.85. The van der Waals surface area contributed by atoms with Crippen molar-refractivity contribution in [2.24, 2.45) is 0 Å². The Kier molecular flexibility index (Phi) is 5.58. The second kappa shape index (κ2) is 8.19. The van der Waals surface area contributed by atoms with Crippen LogP contribution in [0, 0.1) is 20.8 Å². The molecule has 0 saturated heterocycles. The highest BCUT2D eigenvalue weighted by atomic mass is 32.2. The molecule has 0 aromatic heterocycles. The number of carbonyl (C=O) groups excluding carboxylic acids is 1. The Hall–Kier alpha value is -3.12. The van der Waals surface area contributed by atoms with Gasteiger partial charge in [0, 0.05) is 17.8 Å². The fourth-order valence-electron chi connectivity index (χ4n) is 4.36. The number of hydrogen-bond acceptors (Lipinski definition) is 3. The number of aryl methyl sites for hydroxylation is 4. The maximum atomic E-state index is 13.1. The summed E-state index contributed by atoms with van der Waals surface area (Å²) < 4.78 is 28.9. The summed E-state index contributed by atoms with van der Waals surface area (Å²) in [4.78, 5) is 14.7. The van der Waals surface area contributed by atoms with Crippen LogP contribution < -0.4 is 9.62 Å². The monoisotopic (exact) mass is 434 g/mol. The number of nitrogens with one attached hydrogen (secondary N) is 1. The van der Waals surface area contributed by atoms with Gasteiger partial charge < -0.3 is 4.90 Å². The van der Waals surface area contributed by atoms with Gasteiger partial charge in [0.05, 0.1) is 11.4 Å². The maximum Gasteiger partial charge on any atom is 0.262 e. The quantitative estimate of drug-likeness (QED) is 0.622. The van der Waals surface area contributed by atoms with Crippen molar-refractivity contribution in [3.8, 4) is 0 Å². The van der Waals surface area contributed by atoms with E-state index in [1.165, 1.54) is 0 Å². The average molecular weight is 435 g/mol. The van der Waals surface area contributed by atoms with E-state index in [1.54, 1.807) is 11.0 Å². The molecule has 5 nitrogen and oxygen atoms in total. The normalized spacial score (nSPS) is 13.8. The molecule has 1 aliphatic rings. The number of benzene rings is 3. The molecule has 0 fully saturated rings. The van der Waals surface area contributed by atoms with Gasteiger partial charge in [-0.25, -0.2) is 8.42 Å². The van der Waals surface area contributed by atoms with Gasteiger partial charge in [-0.05, 0) is 67.6 Å². The molecule has 160 valence electrons. The van der Waals surface area contributed by atoms with E-state index in [0.29, 0.717) is 30.0 Å². The van der Waals surface area contributed by atoms with Crippen molar-refractivity contribution >= 4 is 27.3 Å². The van der Waals surface area contributed by atoms with Crippen LogP contribution in [0.25, 0.3) is 0 Å². The van der Waals surface area contributed by atoms with Gasteiger partial charge >= 0.3 is 0 Å². The van der Waals surface area contributed by atoms with Gasteiger partial charge in [0.2, 0.25) is 5.91 Å². The largest absolute Gasteiger partial charge is 0.308 e. The predicted molar refractivity (Wildman–Crippen MR) is 124 cm³/mol. The highest BCUT2D eigenvalue weighted by Gasteiger charge is 2.26. The number of hydrogen-bond donors (Lipinski definition) is 1. The van der Waals surface area contributed by atoms with Gasteiger partial charge in [-0.3, -0.25) is 9.52 Å². The summed E-state index contributed by atoms with van der Waals surface area (Å²) >= 11 is 0. The summed E-state index contributed by atoms with van der Waals surface area (Å²) in [5, 5.41) is 0. The van der Waals surface area contributed by atoms with Gasteiger partial charge in [0.1, 0.15) is 0 Å². The molecule has 1 aliphatic heterocycles. The molecule has 3 aromatic carbocycles. The molecule has 0 bridgehead atoms. The molecule has 1 amide bonds. The lowest BCUT2D eigenvalue weighted by molar-refractivity contribution is -0.119. The summed E-state index contributed by atoms with van der Waals surface area (Å²) in [6, 6.07) is 19.0. The molecule has 0 atom stereocenters. The smallest absolute Gasteiger partial charge is 0.262 e. The van der Waals surface area contributed by atoms with Gasteiger partial charge in [0.25, 0.3) is 10.0 Å². The molecule has 0 radical (unpaired) electrons. The topological polar surface area (TPSA) is 66.5 Å². The van der Waals surface area contributed by atoms with Crippen molar-refractivity contribution in [1.82, 2.24) is 0 Å². The number of amides is 1. The Morgan fingerprint density at radius 2 is 1.58 bits per heavy atom. The van der Waals surface area contributed by atoms with Crippen LogP contribution in [0.15, 0.2) is 65.6 Å². The van der Waals surface area contributed by atoms with Gasteiger partial charge in [-0.1, -0.05) is 48.0 Å². The van der Waals surface area contributed by atoms with E-state index in [2.05, 4.69) is 4.72 Å². The van der Waals surface area contributed by atoms with Crippen LogP contribution in [-0.2, 0) is 27.8 Å². The number of fused-ring (bicyclic) bond motifs is 1. The molecule has 0 spiro atoms. The van der Waals surface area contributed by atoms with Crippen LogP contribution in [0.4, 0.5) is 11.4 Å². The van der Waals surface area contributed by atoms with E-state index in [0.717, 1.165) is 33.5 Å². The van der Waals surface area contributed by atoms with Crippen molar-refractivity contribution < 1.29 is 13.2 Å². The van der Waals surface area contributed by atoms with Crippen LogP contribution >= 0.6 is 0 Å². The zero-order valence-corrected chi connectivity index (χ0v) is 18.8. The van der Waals surface area contributed by atoms with Crippen molar-refractivity contribution in [2.75, 3.05) is 9.62 Å². The van der Waals surface area contributed by atoms with Gasteiger partial charge in [-0.15, -0.1) is 0 Å². The SMILES string of the molecule is Cc1cc(C)c(S(=O)(=O)Nc2ccc3c(c2)CCC(=O)N3Cc2ccccc2)c(C)c1. The zero-order chi connectivity index (χ0) is 22.2. The van der Waals surface area contributed by atoms with E-state index in [1.807, 2.05) is 75.4 Å². The summed E-state index contributed by atoms with van der Waals surface area (Å²) in [6.45, 7) is 6.08. The molecular weight excluding hydrogens is 408 g/mol. The third kappa shape index (κ3) is 4.35. The summed E-state index contributed by atoms with van der Waals surface area (Å²) in [6.07, 6.45) is 1.00. The van der Waals surface area contributed by atoms with Crippen LogP contribution in [0.5, 0.6) is 0 Å². The lowest BCUT2D eigenvalue weighted by Crippen LogP contribution is -2.34. The average Bonchev–Trinajstić information content (AvgIpc) is 2.69. The summed E-state index contributed by atoms with van der Waals surface area (Å²) in [7, 11) is -3.72. The number of anilines is 2. The first-order valence-electron chi connectivity index (χ1n) is 10.3. The van der Waals surface area contributed by atoms with Crippen molar-refractivity contribution in [3.05, 3.63) is 88.5 Å². The third-order valence-corrected chi connectivity index (χ3v) is 7.27. The molecule has 0 unspecified atom stereocenters. The number of nitrogens with zero attached hydrogens (tertiary/aromatic N) is 1. The maximum absolute atomic E-state index is 13.1. The van der Waals surface area contributed by atoms with Crippen molar-refractivity contribution in [3.63, 3.8) is 0 Å². The minimum atomic E-state index is -3.72. The second-order valence-corrected chi connectivity index (χ2v) is 9.76. The Bertz CT molecular complexity index is 1230. The van der Waals surface area contributed by atoms with Crippen LogP contribution in [0.3, 0.4) is 0 Å². The van der Waals surface area contributed by atoms with E-state index >= 15 is 0 Å². The molecule has 6 heteroatoms. The van der Waals surface area contributed by atoms with Gasteiger partial charge in [-0.2, -0.15) is 0 Å². The number of carbonyl (C=O) groups is 1. The molecule has 3 aromatic rings. The van der Waals surface area contributed by atoms with E-state index in [9.17, 15) is 13.2 Å². The van der Waals surface area contributed by atoms with Crippen molar-refractivity contribution in [1.29, 1.82) is 0 Å². The lowest BCUT2D eigenvalue weighted by atomic mass is 10.00. The van der Waals surface area contributed by atoms with Crippen molar-refractivity contribution in [2.45, 2.75) is 45.1 Å². The first-order chi connectivity index (χ1) is 14.7. The second-order valence-electron chi connectivity index (χ2n) is 8.14. The molecule has 0 saturated carbocycles. The van der Waals surface area contributed by atoms with Crippen LogP contribution in [0.1, 0.15) is 34.2 Å². The molecule has 4 rings (SSSR count).